The lowest BCUT2D eigenvalue weighted by molar-refractivity contribution is 0.0691. The summed E-state index contributed by atoms with van der Waals surface area (Å²) < 4.78 is 10.2. The van der Waals surface area contributed by atoms with Gasteiger partial charge < -0.3 is 26.3 Å². The summed E-state index contributed by atoms with van der Waals surface area (Å²) in [5.41, 5.74) is 12.7. The molecule has 20 heavy (non-hydrogen) atoms. The van der Waals surface area contributed by atoms with Crippen LogP contribution in [0.3, 0.4) is 0 Å². The van der Waals surface area contributed by atoms with Gasteiger partial charge in [0.2, 0.25) is 0 Å². The number of primary amides is 1. The van der Waals surface area contributed by atoms with Gasteiger partial charge in [-0.05, 0) is 31.0 Å². The van der Waals surface area contributed by atoms with Gasteiger partial charge in [0.05, 0.1) is 18.8 Å². The first-order valence-electron chi connectivity index (χ1n) is 6.65. The van der Waals surface area contributed by atoms with Crippen LogP contribution in [-0.4, -0.2) is 39.4 Å². The molecule has 0 fully saturated rings. The second kappa shape index (κ2) is 9.17. The van der Waals surface area contributed by atoms with E-state index >= 15 is 0 Å². The maximum atomic E-state index is 11.3. The lowest BCUT2D eigenvalue weighted by Crippen LogP contribution is -2.15. The van der Waals surface area contributed by atoms with Gasteiger partial charge in [0, 0.05) is 31.6 Å². The molecule has 0 unspecified atom stereocenters. The molecule has 0 aromatic heterocycles. The molecule has 0 atom stereocenters. The fourth-order valence-electron chi connectivity index (χ4n) is 1.72. The number of methoxy groups -OCH3 is 1. The second-order valence-electron chi connectivity index (χ2n) is 4.41. The standard InChI is InChI=1S/C14H23N3O3/c1-19-8-9-20-7-3-2-6-17-13-10-11(15)4-5-12(13)14(16)18/h4-5,10,17H,2-3,6-9,15H2,1H3,(H2,16,18). The van der Waals surface area contributed by atoms with Gasteiger partial charge in [-0.1, -0.05) is 0 Å². The van der Waals surface area contributed by atoms with Crippen molar-refractivity contribution in [3.05, 3.63) is 23.8 Å². The van der Waals surface area contributed by atoms with Crippen molar-refractivity contribution in [3.63, 3.8) is 0 Å². The SMILES string of the molecule is COCCOCCCCNc1cc(N)ccc1C(N)=O. The van der Waals surface area contributed by atoms with E-state index in [0.717, 1.165) is 19.4 Å². The van der Waals surface area contributed by atoms with Crippen molar-refractivity contribution in [1.29, 1.82) is 0 Å². The second-order valence-corrected chi connectivity index (χ2v) is 4.41. The van der Waals surface area contributed by atoms with Crippen molar-refractivity contribution in [3.8, 4) is 0 Å². The lowest BCUT2D eigenvalue weighted by atomic mass is 10.1. The highest BCUT2D eigenvalue weighted by molar-refractivity contribution is 5.99. The number of carbonyl (C=O) groups excluding carboxylic acids is 1. The largest absolute Gasteiger partial charge is 0.399 e. The molecule has 0 saturated carbocycles. The van der Waals surface area contributed by atoms with E-state index in [1.807, 2.05) is 0 Å². The van der Waals surface area contributed by atoms with E-state index in [9.17, 15) is 4.79 Å². The summed E-state index contributed by atoms with van der Waals surface area (Å²) in [6.45, 7) is 2.66. The highest BCUT2D eigenvalue weighted by Gasteiger charge is 2.07. The number of rotatable bonds is 10. The van der Waals surface area contributed by atoms with Crippen LogP contribution in [0.1, 0.15) is 23.2 Å². The Bertz CT molecular complexity index is 424. The van der Waals surface area contributed by atoms with Gasteiger partial charge in [-0.25, -0.2) is 0 Å². The minimum atomic E-state index is -0.463. The van der Waals surface area contributed by atoms with Gasteiger partial charge in [0.1, 0.15) is 0 Å². The zero-order chi connectivity index (χ0) is 14.8. The Morgan fingerprint density at radius 1 is 1.25 bits per heavy atom. The lowest BCUT2D eigenvalue weighted by Gasteiger charge is -2.11. The maximum Gasteiger partial charge on any atom is 0.250 e. The minimum absolute atomic E-state index is 0.454. The van der Waals surface area contributed by atoms with Crippen molar-refractivity contribution >= 4 is 17.3 Å². The molecule has 6 nitrogen and oxygen atoms in total. The number of carbonyl (C=O) groups is 1. The number of hydrogen-bond donors (Lipinski definition) is 3. The fourth-order valence-corrected chi connectivity index (χ4v) is 1.72. The molecule has 1 aromatic carbocycles. The number of benzene rings is 1. The summed E-state index contributed by atoms with van der Waals surface area (Å²) in [6, 6.07) is 5.01. The monoisotopic (exact) mass is 281 g/mol. The van der Waals surface area contributed by atoms with Crippen LogP contribution in [0.4, 0.5) is 11.4 Å². The number of ether oxygens (including phenoxy) is 2. The third kappa shape index (κ3) is 5.90. The number of unbranched alkanes of at least 4 members (excludes halogenated alkanes) is 1. The van der Waals surface area contributed by atoms with Crippen molar-refractivity contribution in [2.75, 3.05) is 44.5 Å². The third-order valence-corrected chi connectivity index (χ3v) is 2.77. The van der Waals surface area contributed by atoms with Crippen LogP contribution in [0.2, 0.25) is 0 Å². The number of nitrogens with two attached hydrogens (primary N) is 2. The summed E-state index contributed by atoms with van der Waals surface area (Å²) in [6.07, 6.45) is 1.87. The van der Waals surface area contributed by atoms with Gasteiger partial charge in [0.25, 0.3) is 5.91 Å². The van der Waals surface area contributed by atoms with E-state index in [2.05, 4.69) is 5.32 Å². The van der Waals surface area contributed by atoms with Gasteiger partial charge in [0.15, 0.2) is 0 Å². The van der Waals surface area contributed by atoms with Crippen molar-refractivity contribution in [2.45, 2.75) is 12.8 Å². The highest BCUT2D eigenvalue weighted by atomic mass is 16.5. The maximum absolute atomic E-state index is 11.3. The molecule has 5 N–H and O–H groups in total. The third-order valence-electron chi connectivity index (χ3n) is 2.77. The number of hydrogen-bond acceptors (Lipinski definition) is 5. The topological polar surface area (TPSA) is 99.6 Å². The van der Waals surface area contributed by atoms with Gasteiger partial charge in [-0.2, -0.15) is 0 Å². The van der Waals surface area contributed by atoms with Crippen molar-refractivity contribution < 1.29 is 14.3 Å². The van der Waals surface area contributed by atoms with Crippen LogP contribution in [0.5, 0.6) is 0 Å². The predicted octanol–water partition coefficient (Wildman–Crippen LogP) is 1.22. The molecular weight excluding hydrogens is 258 g/mol. The molecule has 1 aromatic rings. The highest BCUT2D eigenvalue weighted by Crippen LogP contribution is 2.18. The Morgan fingerprint density at radius 2 is 2.05 bits per heavy atom. The zero-order valence-electron chi connectivity index (χ0n) is 11.9. The zero-order valence-corrected chi connectivity index (χ0v) is 11.9. The van der Waals surface area contributed by atoms with E-state index in [-0.39, 0.29) is 0 Å². The molecule has 0 spiro atoms. The Morgan fingerprint density at radius 3 is 2.75 bits per heavy atom. The molecule has 0 heterocycles. The molecule has 1 rings (SSSR count). The number of nitrogen functional groups attached to an aromatic ring is 1. The van der Waals surface area contributed by atoms with E-state index < -0.39 is 5.91 Å². The summed E-state index contributed by atoms with van der Waals surface area (Å²) in [4.78, 5) is 11.3. The molecule has 0 aliphatic heterocycles. The first-order valence-corrected chi connectivity index (χ1v) is 6.65. The number of anilines is 2. The van der Waals surface area contributed by atoms with Crippen molar-refractivity contribution in [1.82, 2.24) is 0 Å². The van der Waals surface area contributed by atoms with E-state index in [4.69, 9.17) is 20.9 Å². The quantitative estimate of drug-likeness (QED) is 0.442. The molecular formula is C14H23N3O3. The Balaban J connectivity index is 2.28. The molecule has 1 amide bonds. The van der Waals surface area contributed by atoms with Crippen LogP contribution in [-0.2, 0) is 9.47 Å². The smallest absolute Gasteiger partial charge is 0.250 e. The summed E-state index contributed by atoms with van der Waals surface area (Å²) in [5.74, 6) is -0.463. The summed E-state index contributed by atoms with van der Waals surface area (Å²) in [7, 11) is 1.65. The first-order chi connectivity index (χ1) is 9.65. The van der Waals surface area contributed by atoms with E-state index in [0.29, 0.717) is 36.8 Å². The van der Waals surface area contributed by atoms with Crippen LogP contribution in [0, 0.1) is 0 Å². The number of nitrogens with one attached hydrogen (secondary N) is 1. The van der Waals surface area contributed by atoms with E-state index in [1.165, 1.54) is 0 Å². The average Bonchev–Trinajstić information content (AvgIpc) is 2.41. The van der Waals surface area contributed by atoms with Crippen LogP contribution >= 0.6 is 0 Å². The van der Waals surface area contributed by atoms with Gasteiger partial charge in [-0.15, -0.1) is 0 Å². The average molecular weight is 281 g/mol. The van der Waals surface area contributed by atoms with Crippen LogP contribution in [0.25, 0.3) is 0 Å². The molecule has 112 valence electrons. The van der Waals surface area contributed by atoms with Crippen molar-refractivity contribution in [2.24, 2.45) is 5.73 Å². The van der Waals surface area contributed by atoms with Gasteiger partial charge in [-0.3, -0.25) is 4.79 Å². The normalized spacial score (nSPS) is 10.4. The Kier molecular flexibility index (Phi) is 7.46. The Labute approximate surface area is 119 Å². The fraction of sp³-hybridized carbons (Fsp3) is 0.500. The molecule has 0 radical (unpaired) electrons. The van der Waals surface area contributed by atoms with Crippen LogP contribution < -0.4 is 16.8 Å². The van der Waals surface area contributed by atoms with Gasteiger partial charge >= 0.3 is 0 Å². The summed E-state index contributed by atoms with van der Waals surface area (Å²) >= 11 is 0. The first kappa shape index (κ1) is 16.3. The minimum Gasteiger partial charge on any atom is -0.399 e. The molecule has 0 aliphatic rings. The molecule has 0 aliphatic carbocycles. The number of amides is 1. The Hall–Kier alpha value is -1.79. The molecule has 0 bridgehead atoms. The molecule has 6 heteroatoms. The van der Waals surface area contributed by atoms with E-state index in [1.54, 1.807) is 25.3 Å². The molecule has 0 saturated heterocycles. The predicted molar refractivity (Wildman–Crippen MR) is 79.8 cm³/mol. The van der Waals surface area contributed by atoms with Crippen LogP contribution in [0.15, 0.2) is 18.2 Å². The summed E-state index contributed by atoms with van der Waals surface area (Å²) in [5, 5.41) is 3.18.